The standard InChI is InChI=1S/C13H17N5O/c1-4-7-18-9-12(15-16-18)13(19)14-8-11-6-5-10(2)17(11)3/h4-6,9H,1,7-8H2,2-3H3,(H,14,19). The molecule has 2 aromatic heterocycles. The molecule has 1 N–H and O–H groups in total. The second kappa shape index (κ2) is 5.51. The third-order valence-electron chi connectivity index (χ3n) is 2.99. The smallest absolute Gasteiger partial charge is 0.273 e. The second-order valence-electron chi connectivity index (χ2n) is 4.32. The summed E-state index contributed by atoms with van der Waals surface area (Å²) < 4.78 is 3.60. The predicted molar refractivity (Wildman–Crippen MR) is 71.5 cm³/mol. The quantitative estimate of drug-likeness (QED) is 0.816. The van der Waals surface area contributed by atoms with Crippen LogP contribution in [0.1, 0.15) is 21.9 Å². The molecule has 100 valence electrons. The molecule has 0 spiro atoms. The van der Waals surface area contributed by atoms with Crippen molar-refractivity contribution < 1.29 is 4.79 Å². The summed E-state index contributed by atoms with van der Waals surface area (Å²) in [5.74, 6) is -0.228. The van der Waals surface area contributed by atoms with Gasteiger partial charge in [-0.25, -0.2) is 4.68 Å². The van der Waals surface area contributed by atoms with Gasteiger partial charge in [-0.2, -0.15) is 0 Å². The molecule has 2 heterocycles. The zero-order valence-electron chi connectivity index (χ0n) is 11.1. The first-order valence-corrected chi connectivity index (χ1v) is 6.02. The van der Waals surface area contributed by atoms with E-state index in [9.17, 15) is 4.79 Å². The number of nitrogens with zero attached hydrogens (tertiary/aromatic N) is 4. The monoisotopic (exact) mass is 259 g/mol. The van der Waals surface area contributed by atoms with Crippen LogP contribution in [0.2, 0.25) is 0 Å². The fourth-order valence-corrected chi connectivity index (χ4v) is 1.73. The molecule has 0 fully saturated rings. The van der Waals surface area contributed by atoms with Crippen molar-refractivity contribution in [2.45, 2.75) is 20.0 Å². The number of carbonyl (C=O) groups is 1. The molecule has 19 heavy (non-hydrogen) atoms. The van der Waals surface area contributed by atoms with Crippen molar-refractivity contribution in [3.63, 3.8) is 0 Å². The summed E-state index contributed by atoms with van der Waals surface area (Å²) in [5, 5.41) is 10.5. The van der Waals surface area contributed by atoms with Crippen LogP contribution in [-0.4, -0.2) is 25.5 Å². The highest BCUT2D eigenvalue weighted by Gasteiger charge is 2.10. The maximum atomic E-state index is 11.9. The Morgan fingerprint density at radius 1 is 1.53 bits per heavy atom. The summed E-state index contributed by atoms with van der Waals surface area (Å²) in [6.07, 6.45) is 3.30. The highest BCUT2D eigenvalue weighted by atomic mass is 16.2. The van der Waals surface area contributed by atoms with Crippen LogP contribution in [0.5, 0.6) is 0 Å². The van der Waals surface area contributed by atoms with Gasteiger partial charge in [0.05, 0.1) is 19.3 Å². The van der Waals surface area contributed by atoms with E-state index in [2.05, 4.69) is 22.2 Å². The Morgan fingerprint density at radius 2 is 2.32 bits per heavy atom. The summed E-state index contributed by atoms with van der Waals surface area (Å²) in [5.41, 5.74) is 2.51. The number of carbonyl (C=O) groups excluding carboxylic acids is 1. The first-order chi connectivity index (χ1) is 9.11. The van der Waals surface area contributed by atoms with E-state index in [1.165, 1.54) is 0 Å². The molecule has 6 heteroatoms. The zero-order valence-corrected chi connectivity index (χ0v) is 11.1. The van der Waals surface area contributed by atoms with Gasteiger partial charge in [-0.3, -0.25) is 4.79 Å². The van der Waals surface area contributed by atoms with Crippen molar-refractivity contribution in [3.8, 4) is 0 Å². The van der Waals surface area contributed by atoms with Crippen molar-refractivity contribution >= 4 is 5.91 Å². The molecule has 1 amide bonds. The number of hydrogen-bond donors (Lipinski definition) is 1. The van der Waals surface area contributed by atoms with Gasteiger partial charge in [-0.1, -0.05) is 11.3 Å². The Balaban J connectivity index is 1.97. The van der Waals surface area contributed by atoms with Crippen molar-refractivity contribution in [1.82, 2.24) is 24.9 Å². The van der Waals surface area contributed by atoms with Crippen molar-refractivity contribution in [1.29, 1.82) is 0 Å². The fraction of sp³-hybridized carbons (Fsp3) is 0.308. The molecule has 0 aliphatic rings. The van der Waals surface area contributed by atoms with Crippen LogP contribution in [-0.2, 0) is 20.1 Å². The van der Waals surface area contributed by atoms with Crippen LogP contribution in [0.4, 0.5) is 0 Å². The minimum absolute atomic E-state index is 0.228. The Kier molecular flexibility index (Phi) is 3.79. The van der Waals surface area contributed by atoms with E-state index in [4.69, 9.17) is 0 Å². The van der Waals surface area contributed by atoms with E-state index in [1.807, 2.05) is 30.7 Å². The average molecular weight is 259 g/mol. The molecule has 2 aromatic rings. The highest BCUT2D eigenvalue weighted by Crippen LogP contribution is 2.05. The largest absolute Gasteiger partial charge is 0.350 e. The molecule has 0 aliphatic heterocycles. The lowest BCUT2D eigenvalue weighted by Crippen LogP contribution is -2.24. The van der Waals surface area contributed by atoms with E-state index < -0.39 is 0 Å². The van der Waals surface area contributed by atoms with Crippen molar-refractivity contribution in [2.24, 2.45) is 7.05 Å². The SMILES string of the molecule is C=CCn1cc(C(=O)NCc2ccc(C)n2C)nn1. The van der Waals surface area contributed by atoms with Crippen LogP contribution in [0.15, 0.2) is 31.0 Å². The van der Waals surface area contributed by atoms with E-state index >= 15 is 0 Å². The van der Waals surface area contributed by atoms with E-state index in [0.29, 0.717) is 18.8 Å². The van der Waals surface area contributed by atoms with Gasteiger partial charge in [0.15, 0.2) is 5.69 Å². The number of rotatable bonds is 5. The predicted octanol–water partition coefficient (Wildman–Crippen LogP) is 1.04. The van der Waals surface area contributed by atoms with Gasteiger partial charge >= 0.3 is 0 Å². The van der Waals surface area contributed by atoms with Gasteiger partial charge in [0, 0.05) is 18.4 Å². The average Bonchev–Trinajstić information content (AvgIpc) is 2.97. The Hall–Kier alpha value is -2.37. The molecular weight excluding hydrogens is 242 g/mol. The molecule has 6 nitrogen and oxygen atoms in total. The van der Waals surface area contributed by atoms with Crippen LogP contribution >= 0.6 is 0 Å². The van der Waals surface area contributed by atoms with E-state index in [1.54, 1.807) is 17.0 Å². The van der Waals surface area contributed by atoms with Crippen LogP contribution in [0.25, 0.3) is 0 Å². The molecule has 0 bridgehead atoms. The summed E-state index contributed by atoms with van der Waals surface area (Å²) in [4.78, 5) is 11.9. The first-order valence-electron chi connectivity index (χ1n) is 6.02. The van der Waals surface area contributed by atoms with Gasteiger partial charge in [0.25, 0.3) is 5.91 Å². The first kappa shape index (κ1) is 13.1. The van der Waals surface area contributed by atoms with Gasteiger partial charge in [-0.15, -0.1) is 11.7 Å². The van der Waals surface area contributed by atoms with Gasteiger partial charge < -0.3 is 9.88 Å². The fourth-order valence-electron chi connectivity index (χ4n) is 1.73. The summed E-state index contributed by atoms with van der Waals surface area (Å²) in [6.45, 7) is 6.63. The summed E-state index contributed by atoms with van der Waals surface area (Å²) in [6, 6.07) is 4.01. The van der Waals surface area contributed by atoms with Crippen LogP contribution in [0.3, 0.4) is 0 Å². The normalized spacial score (nSPS) is 10.4. The Morgan fingerprint density at radius 3 is 2.95 bits per heavy atom. The third-order valence-corrected chi connectivity index (χ3v) is 2.99. The lowest BCUT2D eigenvalue weighted by Gasteiger charge is -2.05. The van der Waals surface area contributed by atoms with Gasteiger partial charge in [-0.05, 0) is 19.1 Å². The van der Waals surface area contributed by atoms with Crippen molar-refractivity contribution in [2.75, 3.05) is 0 Å². The molecule has 0 aliphatic carbocycles. The molecule has 0 saturated heterocycles. The minimum Gasteiger partial charge on any atom is -0.350 e. The Labute approximate surface area is 111 Å². The molecule has 0 unspecified atom stereocenters. The van der Waals surface area contributed by atoms with E-state index in [0.717, 1.165) is 11.4 Å². The van der Waals surface area contributed by atoms with Gasteiger partial charge in [0.2, 0.25) is 0 Å². The third kappa shape index (κ3) is 2.90. The second-order valence-corrected chi connectivity index (χ2v) is 4.32. The minimum atomic E-state index is -0.228. The maximum Gasteiger partial charge on any atom is 0.273 e. The molecule has 0 atom stereocenters. The maximum absolute atomic E-state index is 11.9. The molecule has 0 radical (unpaired) electrons. The van der Waals surface area contributed by atoms with Crippen LogP contribution < -0.4 is 5.32 Å². The number of aromatic nitrogens is 4. The van der Waals surface area contributed by atoms with Crippen LogP contribution in [0, 0.1) is 6.92 Å². The highest BCUT2D eigenvalue weighted by molar-refractivity contribution is 5.91. The zero-order chi connectivity index (χ0) is 13.8. The number of amides is 1. The molecular formula is C13H17N5O. The lowest BCUT2D eigenvalue weighted by atomic mass is 10.4. The Bertz CT molecular complexity index is 596. The lowest BCUT2D eigenvalue weighted by molar-refractivity contribution is 0.0945. The number of nitrogens with one attached hydrogen (secondary N) is 1. The summed E-state index contributed by atoms with van der Waals surface area (Å²) in [7, 11) is 1.97. The van der Waals surface area contributed by atoms with Crippen molar-refractivity contribution in [3.05, 3.63) is 48.1 Å². The number of aryl methyl sites for hydroxylation is 1. The van der Waals surface area contributed by atoms with Gasteiger partial charge in [0.1, 0.15) is 0 Å². The molecule has 0 saturated carbocycles. The van der Waals surface area contributed by atoms with E-state index in [-0.39, 0.29) is 5.91 Å². The molecule has 0 aromatic carbocycles. The molecule has 2 rings (SSSR count). The summed E-state index contributed by atoms with van der Waals surface area (Å²) >= 11 is 0. The number of hydrogen-bond acceptors (Lipinski definition) is 3. The topological polar surface area (TPSA) is 64.7 Å². The number of allylic oxidation sites excluding steroid dienone is 1.